The maximum Gasteiger partial charge on any atom is 0.325 e. The van der Waals surface area contributed by atoms with Crippen molar-refractivity contribution in [2.75, 3.05) is 13.1 Å². The third kappa shape index (κ3) is 2.60. The fourth-order valence-electron chi connectivity index (χ4n) is 2.11. The molecule has 2 amide bonds. The predicted octanol–water partition coefficient (Wildman–Crippen LogP) is -1.30. The van der Waals surface area contributed by atoms with E-state index in [1.54, 1.807) is 6.92 Å². The van der Waals surface area contributed by atoms with Crippen molar-refractivity contribution >= 4 is 17.8 Å². The number of aliphatic carboxylic acids is 1. The lowest BCUT2D eigenvalue weighted by Crippen LogP contribution is -2.38. The van der Waals surface area contributed by atoms with Crippen LogP contribution < -0.4 is 5.73 Å². The molecule has 9 nitrogen and oxygen atoms in total. The number of carboxylic acids is 1. The van der Waals surface area contributed by atoms with Crippen LogP contribution in [0.25, 0.3) is 0 Å². The Kier molecular flexibility index (Phi) is 3.43. The van der Waals surface area contributed by atoms with Crippen molar-refractivity contribution in [1.29, 1.82) is 0 Å². The van der Waals surface area contributed by atoms with E-state index < -0.39 is 17.3 Å². The number of carbonyl (C=O) groups excluding carboxylic acids is 2. The first-order valence-corrected chi connectivity index (χ1v) is 6.03. The molecule has 1 aromatic rings. The quantitative estimate of drug-likeness (QED) is 0.705. The monoisotopic (exact) mass is 281 g/mol. The van der Waals surface area contributed by atoms with Gasteiger partial charge in [-0.05, 0) is 13.3 Å². The molecule has 2 rings (SSSR count). The lowest BCUT2D eigenvalue weighted by atomic mass is 9.89. The molecular weight excluding hydrogens is 266 g/mol. The Bertz CT molecular complexity index is 569. The number of primary amides is 1. The van der Waals surface area contributed by atoms with Crippen molar-refractivity contribution < 1.29 is 19.5 Å². The van der Waals surface area contributed by atoms with Gasteiger partial charge in [0.1, 0.15) is 6.54 Å². The van der Waals surface area contributed by atoms with Crippen LogP contribution in [0.4, 0.5) is 0 Å². The second-order valence-corrected chi connectivity index (χ2v) is 5.10. The number of amides is 2. The lowest BCUT2D eigenvalue weighted by Gasteiger charge is -2.20. The molecule has 3 N–H and O–H groups in total. The molecule has 0 radical (unpaired) electrons. The molecule has 1 atom stereocenters. The van der Waals surface area contributed by atoms with Gasteiger partial charge in [-0.1, -0.05) is 5.21 Å². The summed E-state index contributed by atoms with van der Waals surface area (Å²) in [5.74, 6) is -1.90. The van der Waals surface area contributed by atoms with E-state index in [1.807, 2.05) is 0 Å². The minimum Gasteiger partial charge on any atom is -0.480 e. The summed E-state index contributed by atoms with van der Waals surface area (Å²) in [5.41, 5.74) is 4.64. The fourth-order valence-corrected chi connectivity index (χ4v) is 2.11. The van der Waals surface area contributed by atoms with Crippen molar-refractivity contribution in [3.05, 3.63) is 11.9 Å². The molecule has 2 heterocycles. The van der Waals surface area contributed by atoms with E-state index in [2.05, 4.69) is 10.3 Å². The standard InChI is InChI=1S/C11H15N5O4/c1-11(10(12)20)2-3-15(6-11)9(19)7-4-16(14-13-7)5-8(17)18/h4H,2-3,5-6H2,1H3,(H2,12,20)(H,17,18). The van der Waals surface area contributed by atoms with E-state index >= 15 is 0 Å². The molecule has 1 saturated heterocycles. The van der Waals surface area contributed by atoms with Crippen LogP contribution in [0.15, 0.2) is 6.20 Å². The highest BCUT2D eigenvalue weighted by Crippen LogP contribution is 2.30. The average molecular weight is 281 g/mol. The molecule has 1 fully saturated rings. The fraction of sp³-hybridized carbons (Fsp3) is 0.545. The van der Waals surface area contributed by atoms with Gasteiger partial charge in [0.2, 0.25) is 5.91 Å². The zero-order valence-electron chi connectivity index (χ0n) is 10.9. The molecular formula is C11H15N5O4. The van der Waals surface area contributed by atoms with E-state index in [4.69, 9.17) is 10.8 Å². The van der Waals surface area contributed by atoms with Crippen molar-refractivity contribution in [1.82, 2.24) is 19.9 Å². The Morgan fingerprint density at radius 1 is 1.50 bits per heavy atom. The third-order valence-corrected chi connectivity index (χ3v) is 3.41. The van der Waals surface area contributed by atoms with Crippen LogP contribution in [0, 0.1) is 5.41 Å². The first-order valence-electron chi connectivity index (χ1n) is 6.03. The largest absolute Gasteiger partial charge is 0.480 e. The third-order valence-electron chi connectivity index (χ3n) is 3.41. The minimum atomic E-state index is -1.07. The summed E-state index contributed by atoms with van der Waals surface area (Å²) in [6, 6.07) is 0. The summed E-state index contributed by atoms with van der Waals surface area (Å²) in [4.78, 5) is 35.5. The molecule has 1 aliphatic heterocycles. The van der Waals surface area contributed by atoms with Gasteiger partial charge in [-0.3, -0.25) is 14.4 Å². The number of hydrogen-bond acceptors (Lipinski definition) is 5. The van der Waals surface area contributed by atoms with E-state index in [0.29, 0.717) is 13.0 Å². The topological polar surface area (TPSA) is 131 Å². The second-order valence-electron chi connectivity index (χ2n) is 5.10. The van der Waals surface area contributed by atoms with Gasteiger partial charge in [0.15, 0.2) is 5.69 Å². The van der Waals surface area contributed by atoms with Gasteiger partial charge in [0.05, 0.1) is 11.6 Å². The Labute approximate surface area is 114 Å². The van der Waals surface area contributed by atoms with Crippen LogP contribution in [0.3, 0.4) is 0 Å². The molecule has 1 aliphatic rings. The van der Waals surface area contributed by atoms with Gasteiger partial charge >= 0.3 is 5.97 Å². The molecule has 9 heteroatoms. The van der Waals surface area contributed by atoms with Crippen molar-refractivity contribution in [3.63, 3.8) is 0 Å². The number of carbonyl (C=O) groups is 3. The molecule has 20 heavy (non-hydrogen) atoms. The Morgan fingerprint density at radius 3 is 2.75 bits per heavy atom. The number of rotatable bonds is 4. The first kappa shape index (κ1) is 14.0. The van der Waals surface area contributed by atoms with Crippen LogP contribution in [0.2, 0.25) is 0 Å². The van der Waals surface area contributed by atoms with Gasteiger partial charge in [-0.15, -0.1) is 5.10 Å². The summed E-state index contributed by atoms with van der Waals surface area (Å²) >= 11 is 0. The molecule has 0 aliphatic carbocycles. The first-order chi connectivity index (χ1) is 9.32. The number of likely N-dealkylation sites (tertiary alicyclic amines) is 1. The van der Waals surface area contributed by atoms with Crippen LogP contribution >= 0.6 is 0 Å². The summed E-state index contributed by atoms with van der Waals surface area (Å²) in [5, 5.41) is 15.8. The van der Waals surface area contributed by atoms with E-state index in [1.165, 1.54) is 11.1 Å². The van der Waals surface area contributed by atoms with Gasteiger partial charge in [-0.25, -0.2) is 4.68 Å². The van der Waals surface area contributed by atoms with E-state index in [0.717, 1.165) is 4.68 Å². The van der Waals surface area contributed by atoms with Crippen molar-refractivity contribution in [3.8, 4) is 0 Å². The van der Waals surface area contributed by atoms with Crippen molar-refractivity contribution in [2.24, 2.45) is 11.1 Å². The maximum absolute atomic E-state index is 12.2. The van der Waals surface area contributed by atoms with Crippen LogP contribution in [0.5, 0.6) is 0 Å². The van der Waals surface area contributed by atoms with Crippen LogP contribution in [-0.2, 0) is 16.1 Å². The Hall–Kier alpha value is -2.45. The zero-order chi connectivity index (χ0) is 14.9. The molecule has 1 aromatic heterocycles. The second kappa shape index (κ2) is 4.91. The van der Waals surface area contributed by atoms with Gasteiger partial charge in [0.25, 0.3) is 5.91 Å². The highest BCUT2D eigenvalue weighted by atomic mass is 16.4. The highest BCUT2D eigenvalue weighted by molar-refractivity contribution is 5.93. The normalized spacial score (nSPS) is 21.9. The number of hydrogen-bond donors (Lipinski definition) is 2. The number of nitrogens with zero attached hydrogens (tertiary/aromatic N) is 4. The van der Waals surface area contributed by atoms with Crippen molar-refractivity contribution in [2.45, 2.75) is 19.9 Å². The van der Waals surface area contributed by atoms with Gasteiger partial charge in [0, 0.05) is 13.1 Å². The minimum absolute atomic E-state index is 0.0555. The molecule has 1 unspecified atom stereocenters. The average Bonchev–Trinajstić information content (AvgIpc) is 2.95. The lowest BCUT2D eigenvalue weighted by molar-refractivity contribution is -0.138. The molecule has 0 aromatic carbocycles. The summed E-state index contributed by atoms with van der Waals surface area (Å²) in [6.45, 7) is 1.99. The molecule has 0 saturated carbocycles. The summed E-state index contributed by atoms with van der Waals surface area (Å²) in [6.07, 6.45) is 1.77. The molecule has 108 valence electrons. The highest BCUT2D eigenvalue weighted by Gasteiger charge is 2.41. The molecule has 0 spiro atoms. The SMILES string of the molecule is CC1(C(N)=O)CCN(C(=O)c2cn(CC(=O)O)nn2)C1. The van der Waals surface area contributed by atoms with Gasteiger partial charge in [-0.2, -0.15) is 0 Å². The van der Waals surface area contributed by atoms with Crippen LogP contribution in [0.1, 0.15) is 23.8 Å². The summed E-state index contributed by atoms with van der Waals surface area (Å²) in [7, 11) is 0. The van der Waals surface area contributed by atoms with E-state index in [9.17, 15) is 14.4 Å². The number of carboxylic acid groups (broad SMARTS) is 1. The predicted molar refractivity (Wildman–Crippen MR) is 65.5 cm³/mol. The van der Waals surface area contributed by atoms with Crippen LogP contribution in [-0.4, -0.2) is 55.9 Å². The Morgan fingerprint density at radius 2 is 2.20 bits per heavy atom. The smallest absolute Gasteiger partial charge is 0.325 e. The number of nitrogens with two attached hydrogens (primary N) is 1. The zero-order valence-corrected chi connectivity index (χ0v) is 10.9. The Balaban J connectivity index is 2.07. The maximum atomic E-state index is 12.2. The summed E-state index contributed by atoms with van der Waals surface area (Å²) < 4.78 is 1.07. The molecule has 0 bridgehead atoms. The number of aromatic nitrogens is 3. The van der Waals surface area contributed by atoms with Gasteiger partial charge < -0.3 is 15.7 Å². The van der Waals surface area contributed by atoms with E-state index in [-0.39, 0.29) is 24.7 Å².